The van der Waals surface area contributed by atoms with Gasteiger partial charge in [0.15, 0.2) is 0 Å². The quantitative estimate of drug-likeness (QED) is 0.0785. The van der Waals surface area contributed by atoms with Crippen molar-refractivity contribution in [2.24, 2.45) is 5.92 Å². The molecule has 0 saturated heterocycles. The maximum atomic E-state index is 11.3. The van der Waals surface area contributed by atoms with Crippen molar-refractivity contribution in [1.29, 1.82) is 0 Å². The van der Waals surface area contributed by atoms with Crippen LogP contribution in [-0.4, -0.2) is 12.6 Å². The highest BCUT2D eigenvalue weighted by Crippen LogP contribution is 2.16. The van der Waals surface area contributed by atoms with E-state index in [1.165, 1.54) is 135 Å². The topological polar surface area (TPSA) is 26.3 Å². The van der Waals surface area contributed by atoms with Crippen LogP contribution in [-0.2, 0) is 9.53 Å². The molecule has 0 spiro atoms. The first kappa shape index (κ1) is 31.2. The van der Waals surface area contributed by atoms with E-state index in [0.717, 1.165) is 12.3 Å². The number of esters is 1. The summed E-state index contributed by atoms with van der Waals surface area (Å²) in [5.41, 5.74) is 0.494. The highest BCUT2D eigenvalue weighted by molar-refractivity contribution is 5.86. The third kappa shape index (κ3) is 25.5. The zero-order chi connectivity index (χ0) is 23.7. The first-order valence-electron chi connectivity index (χ1n) is 14.4. The summed E-state index contributed by atoms with van der Waals surface area (Å²) in [6, 6.07) is 0. The normalized spacial score (nSPS) is 11.2. The zero-order valence-corrected chi connectivity index (χ0v) is 22.4. The summed E-state index contributed by atoms with van der Waals surface area (Å²) < 4.78 is 5.11. The molecule has 0 radical (unpaired) electrons. The summed E-state index contributed by atoms with van der Waals surface area (Å²) in [5.74, 6) is 0.633. The van der Waals surface area contributed by atoms with Crippen LogP contribution >= 0.6 is 0 Å². The molecule has 0 atom stereocenters. The number of carbonyl (C=O) groups excluding carboxylic acids is 1. The van der Waals surface area contributed by atoms with Crippen LogP contribution in [0.25, 0.3) is 0 Å². The lowest BCUT2D eigenvalue weighted by Gasteiger charge is -2.05. The van der Waals surface area contributed by atoms with Gasteiger partial charge >= 0.3 is 5.97 Å². The van der Waals surface area contributed by atoms with Gasteiger partial charge in [-0.15, -0.1) is 0 Å². The van der Waals surface area contributed by atoms with Crippen molar-refractivity contribution in [2.45, 2.75) is 162 Å². The van der Waals surface area contributed by atoms with E-state index >= 15 is 0 Å². The summed E-state index contributed by atoms with van der Waals surface area (Å²) in [4.78, 5) is 11.3. The lowest BCUT2D eigenvalue weighted by atomic mass is 10.0. The second kappa shape index (κ2) is 24.8. The largest absolute Gasteiger partial charge is 0.462 e. The van der Waals surface area contributed by atoms with Crippen LogP contribution in [0.5, 0.6) is 0 Å². The van der Waals surface area contributed by atoms with Crippen molar-refractivity contribution in [2.75, 3.05) is 6.61 Å². The molecular weight excluding hydrogens is 392 g/mol. The fourth-order valence-electron chi connectivity index (χ4n) is 4.30. The molecule has 0 saturated carbocycles. The molecule has 0 fully saturated rings. The number of unbranched alkanes of at least 4 members (excludes halogenated alkanes) is 20. The molecule has 32 heavy (non-hydrogen) atoms. The summed E-state index contributed by atoms with van der Waals surface area (Å²) in [7, 11) is 0. The van der Waals surface area contributed by atoms with Crippen molar-refractivity contribution in [3.05, 3.63) is 12.2 Å². The Morgan fingerprint density at radius 3 is 1.12 bits per heavy atom. The van der Waals surface area contributed by atoms with Gasteiger partial charge < -0.3 is 4.74 Å². The summed E-state index contributed by atoms with van der Waals surface area (Å²) in [6.45, 7) is 10.5. The second-order valence-electron chi connectivity index (χ2n) is 10.5. The highest BCUT2D eigenvalue weighted by Gasteiger charge is 2.01. The summed E-state index contributed by atoms with van der Waals surface area (Å²) in [6.07, 6.45) is 30.7. The molecule has 0 aliphatic heterocycles. The van der Waals surface area contributed by atoms with E-state index in [1.807, 2.05) is 0 Å². The lowest BCUT2D eigenvalue weighted by Crippen LogP contribution is -2.05. The number of hydrogen-bond acceptors (Lipinski definition) is 2. The molecule has 0 aromatic rings. The molecular formula is C30H58O2. The molecule has 0 N–H and O–H groups in total. The van der Waals surface area contributed by atoms with E-state index in [4.69, 9.17) is 4.74 Å². The van der Waals surface area contributed by atoms with Gasteiger partial charge in [-0.2, -0.15) is 0 Å². The fourth-order valence-corrected chi connectivity index (χ4v) is 4.30. The van der Waals surface area contributed by atoms with Gasteiger partial charge in [0, 0.05) is 5.57 Å². The minimum atomic E-state index is -0.251. The molecule has 0 aliphatic rings. The van der Waals surface area contributed by atoms with Crippen LogP contribution in [0.4, 0.5) is 0 Å². The van der Waals surface area contributed by atoms with Gasteiger partial charge in [-0.05, 0) is 19.3 Å². The minimum Gasteiger partial charge on any atom is -0.462 e. The van der Waals surface area contributed by atoms with Gasteiger partial charge in [-0.25, -0.2) is 4.79 Å². The van der Waals surface area contributed by atoms with E-state index in [-0.39, 0.29) is 5.97 Å². The summed E-state index contributed by atoms with van der Waals surface area (Å²) >= 11 is 0. The van der Waals surface area contributed by atoms with Crippen molar-refractivity contribution in [3.63, 3.8) is 0 Å². The van der Waals surface area contributed by atoms with E-state index in [9.17, 15) is 4.79 Å². The van der Waals surface area contributed by atoms with Crippen molar-refractivity contribution in [3.8, 4) is 0 Å². The van der Waals surface area contributed by atoms with Gasteiger partial charge in [-0.1, -0.05) is 155 Å². The van der Waals surface area contributed by atoms with Gasteiger partial charge in [0.25, 0.3) is 0 Å². The minimum absolute atomic E-state index is 0.251. The molecule has 2 nitrogen and oxygen atoms in total. The predicted molar refractivity (Wildman–Crippen MR) is 142 cm³/mol. The third-order valence-corrected chi connectivity index (χ3v) is 6.51. The van der Waals surface area contributed by atoms with Crippen LogP contribution in [0, 0.1) is 5.92 Å². The molecule has 2 heteroatoms. The van der Waals surface area contributed by atoms with Gasteiger partial charge in [-0.3, -0.25) is 0 Å². The molecule has 190 valence electrons. The van der Waals surface area contributed by atoms with E-state index < -0.39 is 0 Å². The molecule has 0 aliphatic carbocycles. The van der Waals surface area contributed by atoms with Crippen LogP contribution in [0.15, 0.2) is 12.2 Å². The number of ether oxygens (including phenoxy) is 1. The second-order valence-corrected chi connectivity index (χ2v) is 10.5. The molecule has 0 aromatic carbocycles. The summed E-state index contributed by atoms with van der Waals surface area (Å²) in [5, 5.41) is 0. The van der Waals surface area contributed by atoms with E-state index in [1.54, 1.807) is 6.92 Å². The van der Waals surface area contributed by atoms with Crippen molar-refractivity contribution < 1.29 is 9.53 Å². The van der Waals surface area contributed by atoms with Gasteiger partial charge in [0.1, 0.15) is 0 Å². The Kier molecular flexibility index (Phi) is 24.2. The SMILES string of the molecule is C=C(C)C(=O)OCCCCCCCCCCCCCCCCCCCCCCCC(C)C. The van der Waals surface area contributed by atoms with Crippen LogP contribution < -0.4 is 0 Å². The zero-order valence-electron chi connectivity index (χ0n) is 22.4. The predicted octanol–water partition coefficient (Wildman–Crippen LogP) is 10.3. The van der Waals surface area contributed by atoms with E-state index in [0.29, 0.717) is 12.2 Å². The number of rotatable bonds is 25. The molecule has 0 bridgehead atoms. The van der Waals surface area contributed by atoms with Crippen LogP contribution in [0.3, 0.4) is 0 Å². The lowest BCUT2D eigenvalue weighted by molar-refractivity contribution is -0.139. The monoisotopic (exact) mass is 450 g/mol. The average Bonchev–Trinajstić information content (AvgIpc) is 2.76. The molecule has 0 amide bonds. The maximum Gasteiger partial charge on any atom is 0.333 e. The molecule has 0 heterocycles. The van der Waals surface area contributed by atoms with Crippen molar-refractivity contribution in [1.82, 2.24) is 0 Å². The van der Waals surface area contributed by atoms with Gasteiger partial charge in [0.05, 0.1) is 6.61 Å². The Labute approximate surface area is 202 Å². The number of hydrogen-bond donors (Lipinski definition) is 0. The third-order valence-electron chi connectivity index (χ3n) is 6.51. The smallest absolute Gasteiger partial charge is 0.333 e. The Morgan fingerprint density at radius 1 is 0.562 bits per heavy atom. The first-order valence-corrected chi connectivity index (χ1v) is 14.4. The average molecular weight is 451 g/mol. The van der Waals surface area contributed by atoms with E-state index in [2.05, 4.69) is 20.4 Å². The van der Waals surface area contributed by atoms with Crippen LogP contribution in [0.2, 0.25) is 0 Å². The Morgan fingerprint density at radius 2 is 0.844 bits per heavy atom. The van der Waals surface area contributed by atoms with Gasteiger partial charge in [0.2, 0.25) is 0 Å². The van der Waals surface area contributed by atoms with Crippen molar-refractivity contribution >= 4 is 5.97 Å². The molecule has 0 aromatic heterocycles. The molecule has 0 unspecified atom stereocenters. The standard InChI is InChI=1S/C30H58O2/c1-28(2)26-24-22-20-18-16-14-12-10-8-6-5-7-9-11-13-15-17-19-21-23-25-27-32-30(31)29(3)4/h28H,3,5-27H2,1-2,4H3. The Bertz CT molecular complexity index is 413. The maximum absolute atomic E-state index is 11.3. The number of carbonyl (C=O) groups is 1. The Balaban J connectivity index is 3.06. The highest BCUT2D eigenvalue weighted by atomic mass is 16.5. The fraction of sp³-hybridized carbons (Fsp3) is 0.900. The first-order chi connectivity index (χ1) is 15.5. The molecule has 0 rings (SSSR count). The van der Waals surface area contributed by atoms with Crippen LogP contribution in [0.1, 0.15) is 162 Å². The Hall–Kier alpha value is -0.790.